The molecular weight excluding hydrogens is 472 g/mol. The zero-order valence-electron chi connectivity index (χ0n) is 18.9. The molecule has 5 rings (SSSR count). The summed E-state index contributed by atoms with van der Waals surface area (Å²) in [5.74, 6) is -1.32. The molecule has 0 radical (unpaired) electrons. The van der Waals surface area contributed by atoms with Gasteiger partial charge in [-0.25, -0.2) is 14.4 Å². The second-order valence-electron chi connectivity index (χ2n) is 7.94. The van der Waals surface area contributed by atoms with E-state index >= 15 is 0 Å². The van der Waals surface area contributed by atoms with Crippen molar-refractivity contribution in [3.63, 3.8) is 0 Å². The van der Waals surface area contributed by atoms with Gasteiger partial charge >= 0.3 is 17.7 Å². The fourth-order valence-electron chi connectivity index (χ4n) is 4.29. The van der Waals surface area contributed by atoms with E-state index in [1.165, 1.54) is 25.2 Å². The monoisotopic (exact) mass is 492 g/mol. The number of anilines is 1. The highest BCUT2D eigenvalue weighted by atomic mass is 32.1. The quantitative estimate of drug-likeness (QED) is 0.259. The van der Waals surface area contributed by atoms with E-state index in [-0.39, 0.29) is 22.7 Å². The minimum atomic E-state index is -0.789. The third kappa shape index (κ3) is 3.91. The number of carbonyl (C=O) groups excluding carboxylic acids is 3. The van der Waals surface area contributed by atoms with Crippen LogP contribution in [0.15, 0.2) is 51.7 Å². The normalized spacial score (nSPS) is 12.9. The zero-order chi connectivity index (χ0) is 24.7. The van der Waals surface area contributed by atoms with Crippen LogP contribution in [-0.4, -0.2) is 43.6 Å². The number of nitrogens with zero attached hydrogens (tertiary/aromatic N) is 1. The summed E-state index contributed by atoms with van der Waals surface area (Å²) >= 11 is 1.16. The Labute approximate surface area is 202 Å². The van der Waals surface area contributed by atoms with E-state index in [1.54, 1.807) is 6.07 Å². The average Bonchev–Trinajstić information content (AvgIpc) is 3.23. The molecule has 1 aliphatic heterocycles. The molecule has 1 N–H and O–H groups in total. The highest BCUT2D eigenvalue weighted by Gasteiger charge is 2.31. The summed E-state index contributed by atoms with van der Waals surface area (Å²) in [6.07, 6.45) is -0.0824. The fraction of sp³-hybridized carbons (Fsp3) is 0.200. The first kappa shape index (κ1) is 22.6. The Hall–Kier alpha value is -4.18. The number of rotatable bonds is 3. The number of ether oxygens (including phenoxy) is 2. The summed E-state index contributed by atoms with van der Waals surface area (Å²) in [7, 11) is 2.56. The minimum absolute atomic E-state index is 0.188. The number of hydrogen-bond acceptors (Lipinski definition) is 8. The van der Waals surface area contributed by atoms with Crippen LogP contribution < -0.4 is 10.9 Å². The minimum Gasteiger partial charge on any atom is -0.465 e. The van der Waals surface area contributed by atoms with E-state index in [4.69, 9.17) is 13.9 Å². The Kier molecular flexibility index (Phi) is 5.73. The van der Waals surface area contributed by atoms with Gasteiger partial charge in [0.05, 0.1) is 26.3 Å². The molecule has 0 saturated heterocycles. The maximum absolute atomic E-state index is 13.2. The van der Waals surface area contributed by atoms with Crippen molar-refractivity contribution in [3.05, 3.63) is 74.5 Å². The van der Waals surface area contributed by atoms with Crippen LogP contribution in [0.25, 0.3) is 21.7 Å². The summed E-state index contributed by atoms with van der Waals surface area (Å²) in [6, 6.07) is 12.6. The first-order valence-electron chi connectivity index (χ1n) is 10.7. The van der Waals surface area contributed by atoms with Crippen LogP contribution in [0.2, 0.25) is 0 Å². The number of methoxy groups -OCH3 is 2. The van der Waals surface area contributed by atoms with Gasteiger partial charge in [-0.05, 0) is 34.9 Å². The molecule has 9 nitrogen and oxygen atoms in total. The molecule has 178 valence electrons. The zero-order valence-corrected chi connectivity index (χ0v) is 19.7. The third-order valence-electron chi connectivity index (χ3n) is 5.99. The maximum Gasteiger partial charge on any atom is 0.409 e. The number of nitrogens with one attached hydrogen (secondary N) is 1. The molecule has 2 aromatic heterocycles. The highest BCUT2D eigenvalue weighted by molar-refractivity contribution is 7.17. The van der Waals surface area contributed by atoms with Gasteiger partial charge in [-0.1, -0.05) is 30.3 Å². The summed E-state index contributed by atoms with van der Waals surface area (Å²) < 4.78 is 15.2. The van der Waals surface area contributed by atoms with Gasteiger partial charge in [-0.2, -0.15) is 0 Å². The van der Waals surface area contributed by atoms with Crippen molar-refractivity contribution in [2.24, 2.45) is 0 Å². The van der Waals surface area contributed by atoms with E-state index in [0.29, 0.717) is 29.5 Å². The van der Waals surface area contributed by atoms with Gasteiger partial charge in [0.15, 0.2) is 0 Å². The second kappa shape index (κ2) is 8.88. The molecule has 0 fully saturated rings. The number of benzene rings is 2. The molecule has 0 unspecified atom stereocenters. The SMILES string of the molecule is COC(=O)c1c(NC(=O)c2cc3c(ccc4ccccc43)oc2=O)sc2c1CCN(C(=O)OC)C2. The van der Waals surface area contributed by atoms with Gasteiger partial charge in [0, 0.05) is 16.8 Å². The molecule has 35 heavy (non-hydrogen) atoms. The van der Waals surface area contributed by atoms with Crippen molar-refractivity contribution in [1.29, 1.82) is 0 Å². The molecule has 3 heterocycles. The Balaban J connectivity index is 1.55. The van der Waals surface area contributed by atoms with Crippen LogP contribution in [0.5, 0.6) is 0 Å². The summed E-state index contributed by atoms with van der Waals surface area (Å²) in [4.78, 5) is 52.6. The van der Waals surface area contributed by atoms with E-state index in [1.807, 2.05) is 30.3 Å². The molecular formula is C25H20N2O7S. The van der Waals surface area contributed by atoms with Gasteiger partial charge in [0.1, 0.15) is 16.1 Å². The van der Waals surface area contributed by atoms with E-state index in [2.05, 4.69) is 5.32 Å². The van der Waals surface area contributed by atoms with Gasteiger partial charge in [0.2, 0.25) is 0 Å². The average molecular weight is 493 g/mol. The lowest BCUT2D eigenvalue weighted by molar-refractivity contribution is 0.0600. The molecule has 4 aromatic rings. The number of thiophene rings is 1. The molecule has 0 bridgehead atoms. The number of amides is 2. The Bertz CT molecular complexity index is 1570. The summed E-state index contributed by atoms with van der Waals surface area (Å²) in [6.45, 7) is 0.589. The lowest BCUT2D eigenvalue weighted by Crippen LogP contribution is -2.35. The number of carbonyl (C=O) groups is 3. The van der Waals surface area contributed by atoms with Crippen molar-refractivity contribution in [2.45, 2.75) is 13.0 Å². The summed E-state index contributed by atoms with van der Waals surface area (Å²) in [5.41, 5.74) is 0.320. The van der Waals surface area contributed by atoms with Gasteiger partial charge in [-0.3, -0.25) is 4.79 Å². The van der Waals surface area contributed by atoms with E-state index in [9.17, 15) is 19.2 Å². The van der Waals surface area contributed by atoms with Crippen LogP contribution >= 0.6 is 11.3 Å². The summed E-state index contributed by atoms with van der Waals surface area (Å²) in [5, 5.41) is 5.35. The van der Waals surface area contributed by atoms with Crippen LogP contribution in [0, 0.1) is 0 Å². The molecule has 10 heteroatoms. The number of hydrogen-bond donors (Lipinski definition) is 1. The van der Waals surface area contributed by atoms with Crippen molar-refractivity contribution in [2.75, 3.05) is 26.1 Å². The van der Waals surface area contributed by atoms with Crippen LogP contribution in [0.1, 0.15) is 31.2 Å². The van der Waals surface area contributed by atoms with Crippen molar-refractivity contribution in [1.82, 2.24) is 4.90 Å². The first-order valence-corrected chi connectivity index (χ1v) is 11.6. The molecule has 0 atom stereocenters. The Morgan fingerprint density at radius 3 is 2.63 bits per heavy atom. The Morgan fingerprint density at radius 2 is 1.86 bits per heavy atom. The van der Waals surface area contributed by atoms with E-state index < -0.39 is 23.6 Å². The van der Waals surface area contributed by atoms with Crippen molar-refractivity contribution in [3.8, 4) is 0 Å². The van der Waals surface area contributed by atoms with Crippen molar-refractivity contribution >= 4 is 56.0 Å². The predicted octanol–water partition coefficient (Wildman–Crippen LogP) is 4.17. The lowest BCUT2D eigenvalue weighted by atomic mass is 10.0. The smallest absolute Gasteiger partial charge is 0.409 e. The topological polar surface area (TPSA) is 115 Å². The fourth-order valence-corrected chi connectivity index (χ4v) is 5.54. The Morgan fingerprint density at radius 1 is 1.06 bits per heavy atom. The van der Waals surface area contributed by atoms with Crippen LogP contribution in [0.3, 0.4) is 0 Å². The molecule has 0 spiro atoms. The second-order valence-corrected chi connectivity index (χ2v) is 9.05. The lowest BCUT2D eigenvalue weighted by Gasteiger charge is -2.25. The molecule has 0 aliphatic carbocycles. The van der Waals surface area contributed by atoms with Gasteiger partial charge < -0.3 is 24.1 Å². The third-order valence-corrected chi connectivity index (χ3v) is 7.13. The molecule has 0 saturated carbocycles. The van der Waals surface area contributed by atoms with Crippen LogP contribution in [-0.2, 0) is 22.4 Å². The maximum atomic E-state index is 13.2. The largest absolute Gasteiger partial charge is 0.465 e. The standard InChI is InChI=1S/C25H20N2O7S/c1-32-24(30)20-15-9-10-27(25(31)33-2)12-19(15)35-22(20)26-21(28)17-11-16-14-6-4-3-5-13(14)7-8-18(16)34-23(17)29/h3-8,11H,9-10,12H2,1-2H3,(H,26,28). The predicted molar refractivity (Wildman–Crippen MR) is 130 cm³/mol. The molecule has 2 amide bonds. The van der Waals surface area contributed by atoms with Crippen LogP contribution in [0.4, 0.5) is 9.80 Å². The molecule has 2 aromatic carbocycles. The first-order chi connectivity index (χ1) is 16.9. The van der Waals surface area contributed by atoms with Gasteiger partial charge in [-0.15, -0.1) is 11.3 Å². The van der Waals surface area contributed by atoms with E-state index in [0.717, 1.165) is 27.0 Å². The number of fused-ring (bicyclic) bond motifs is 4. The highest BCUT2D eigenvalue weighted by Crippen LogP contribution is 2.38. The molecule has 1 aliphatic rings. The number of esters is 1. The van der Waals surface area contributed by atoms with Crippen molar-refractivity contribution < 1.29 is 28.3 Å². The van der Waals surface area contributed by atoms with Gasteiger partial charge in [0.25, 0.3) is 5.91 Å².